The van der Waals surface area contributed by atoms with Crippen molar-refractivity contribution in [3.63, 3.8) is 0 Å². The maximum Gasteiger partial charge on any atom is 0.395 e. The van der Waals surface area contributed by atoms with E-state index >= 15 is 0 Å². The number of allylic oxidation sites excluding steroid dienone is 3. The fourth-order valence-corrected chi connectivity index (χ4v) is 3.45. The minimum atomic E-state index is -4.35. The van der Waals surface area contributed by atoms with Gasteiger partial charge in [0, 0.05) is 17.2 Å². The Hall–Kier alpha value is -3.16. The van der Waals surface area contributed by atoms with Gasteiger partial charge in [-0.2, -0.15) is 17.7 Å². The predicted octanol–water partition coefficient (Wildman–Crippen LogP) is 5.48. The summed E-state index contributed by atoms with van der Waals surface area (Å²) in [6.07, 6.45) is -1.76. The first-order valence-electron chi connectivity index (χ1n) is 9.69. The fourth-order valence-electron chi connectivity index (χ4n) is 3.45. The zero-order valence-corrected chi connectivity index (χ0v) is 16.8. The number of ether oxygens (including phenoxy) is 1. The van der Waals surface area contributed by atoms with Crippen LogP contribution < -0.4 is 4.74 Å². The number of nitrogens with zero attached hydrogens (tertiary/aromatic N) is 4. The summed E-state index contributed by atoms with van der Waals surface area (Å²) in [5.74, 6) is -0.590. The number of rotatable bonds is 4. The molecule has 2 heterocycles. The highest BCUT2D eigenvalue weighted by atomic mass is 19.4. The molecule has 0 spiro atoms. The zero-order chi connectivity index (χ0) is 21.5. The number of benzene rings is 1. The van der Waals surface area contributed by atoms with Crippen molar-refractivity contribution in [2.24, 2.45) is 5.92 Å². The Balaban J connectivity index is 1.78. The summed E-state index contributed by atoms with van der Waals surface area (Å²) in [5.41, 5.74) is 2.87. The van der Waals surface area contributed by atoms with E-state index in [9.17, 15) is 13.2 Å². The van der Waals surface area contributed by atoms with E-state index in [4.69, 9.17) is 4.74 Å². The second kappa shape index (κ2) is 7.59. The molecule has 0 N–H and O–H groups in total. The molecule has 0 fully saturated rings. The third kappa shape index (κ3) is 3.81. The Morgan fingerprint density at radius 2 is 1.87 bits per heavy atom. The lowest BCUT2D eigenvalue weighted by Crippen LogP contribution is -2.24. The number of fused-ring (bicyclic) bond motifs is 1. The Bertz CT molecular complexity index is 1130. The maximum atomic E-state index is 13.4. The van der Waals surface area contributed by atoms with Crippen LogP contribution in [0.2, 0.25) is 0 Å². The van der Waals surface area contributed by atoms with Gasteiger partial charge < -0.3 is 4.74 Å². The molecule has 0 bridgehead atoms. The molecule has 8 heteroatoms. The number of aromatic nitrogens is 4. The molecule has 4 rings (SSSR count). The van der Waals surface area contributed by atoms with Gasteiger partial charge >= 0.3 is 6.18 Å². The Morgan fingerprint density at radius 3 is 2.53 bits per heavy atom. The van der Waals surface area contributed by atoms with Crippen molar-refractivity contribution in [2.45, 2.75) is 39.3 Å². The highest BCUT2D eigenvalue weighted by Gasteiger charge is 2.40. The van der Waals surface area contributed by atoms with Crippen LogP contribution in [0, 0.1) is 12.8 Å². The molecule has 0 aliphatic heterocycles. The van der Waals surface area contributed by atoms with Crippen molar-refractivity contribution >= 4 is 11.2 Å². The number of hydrogen-bond acceptors (Lipinski definition) is 4. The lowest BCUT2D eigenvalue weighted by atomic mass is 9.91. The highest BCUT2D eigenvalue weighted by Crippen LogP contribution is 2.39. The van der Waals surface area contributed by atoms with Crippen LogP contribution in [0.1, 0.15) is 43.1 Å². The lowest BCUT2D eigenvalue weighted by Gasteiger charge is -2.24. The summed E-state index contributed by atoms with van der Waals surface area (Å²) in [6.45, 7) is 5.76. The molecule has 0 saturated heterocycles. The molecule has 3 aromatic rings. The molecule has 1 aliphatic rings. The van der Waals surface area contributed by atoms with Gasteiger partial charge in [0.2, 0.25) is 5.88 Å². The molecule has 1 aromatic carbocycles. The van der Waals surface area contributed by atoms with Crippen LogP contribution in [0.25, 0.3) is 11.2 Å². The van der Waals surface area contributed by atoms with Crippen LogP contribution in [0.15, 0.2) is 54.3 Å². The van der Waals surface area contributed by atoms with Crippen LogP contribution >= 0.6 is 0 Å². The van der Waals surface area contributed by atoms with E-state index in [0.717, 1.165) is 17.2 Å². The standard InChI is InChI=1S/C22H21F3N4O/c1-13(2)18-12-20(28-29-14(3)26-27-21(18)29)30-19-11-16(22(23,24)25)9-10-17(19)15-7-5-4-6-8-15/h4-8,10-13,16H,9H2,1-3H3. The molecule has 1 unspecified atom stereocenters. The van der Waals surface area contributed by atoms with Crippen molar-refractivity contribution in [3.05, 3.63) is 71.3 Å². The third-order valence-electron chi connectivity index (χ3n) is 5.07. The lowest BCUT2D eigenvalue weighted by molar-refractivity contribution is -0.160. The second-order valence-electron chi connectivity index (χ2n) is 7.58. The topological polar surface area (TPSA) is 52.3 Å². The van der Waals surface area contributed by atoms with Crippen LogP contribution in [0.3, 0.4) is 0 Å². The zero-order valence-electron chi connectivity index (χ0n) is 16.8. The minimum absolute atomic E-state index is 0.105. The van der Waals surface area contributed by atoms with Gasteiger partial charge in [-0.15, -0.1) is 15.3 Å². The van der Waals surface area contributed by atoms with Crippen molar-refractivity contribution in [3.8, 4) is 5.88 Å². The van der Waals surface area contributed by atoms with Crippen molar-refractivity contribution in [1.82, 2.24) is 19.8 Å². The molecular formula is C22H21F3N4O. The fraction of sp³-hybridized carbons (Fsp3) is 0.318. The summed E-state index contributed by atoms with van der Waals surface area (Å²) in [4.78, 5) is 0. The monoisotopic (exact) mass is 414 g/mol. The smallest absolute Gasteiger partial charge is 0.395 e. The Kier molecular flexibility index (Phi) is 5.09. The van der Waals surface area contributed by atoms with Crippen molar-refractivity contribution < 1.29 is 17.9 Å². The van der Waals surface area contributed by atoms with Crippen LogP contribution in [0.4, 0.5) is 13.2 Å². The molecule has 156 valence electrons. The summed E-state index contributed by atoms with van der Waals surface area (Å²) >= 11 is 0. The predicted molar refractivity (Wildman–Crippen MR) is 107 cm³/mol. The summed E-state index contributed by atoms with van der Waals surface area (Å²) in [6, 6.07) is 10.9. The van der Waals surface area contributed by atoms with Gasteiger partial charge in [0.1, 0.15) is 5.76 Å². The third-order valence-corrected chi connectivity index (χ3v) is 5.07. The van der Waals surface area contributed by atoms with E-state index in [0.29, 0.717) is 17.0 Å². The highest BCUT2D eigenvalue weighted by molar-refractivity contribution is 5.78. The quantitative estimate of drug-likeness (QED) is 0.567. The molecule has 5 nitrogen and oxygen atoms in total. The number of alkyl halides is 3. The number of halogens is 3. The molecule has 0 amide bonds. The minimum Gasteiger partial charge on any atom is -0.437 e. The Labute approximate surface area is 171 Å². The maximum absolute atomic E-state index is 13.4. The molecule has 1 atom stereocenters. The van der Waals surface area contributed by atoms with Gasteiger partial charge in [-0.1, -0.05) is 50.3 Å². The average Bonchev–Trinajstić information content (AvgIpc) is 3.08. The second-order valence-corrected chi connectivity index (χ2v) is 7.58. The van der Waals surface area contributed by atoms with E-state index in [1.165, 1.54) is 0 Å². The van der Waals surface area contributed by atoms with Gasteiger partial charge in [-0.3, -0.25) is 0 Å². The first kappa shape index (κ1) is 20.1. The van der Waals surface area contributed by atoms with Gasteiger partial charge in [0.15, 0.2) is 11.5 Å². The van der Waals surface area contributed by atoms with E-state index in [2.05, 4.69) is 15.3 Å². The SMILES string of the molecule is Cc1nnc2c(C(C)C)cc(OC3=CC(C(F)(F)F)CC=C3c3ccccc3)nn12. The van der Waals surface area contributed by atoms with Gasteiger partial charge in [0.25, 0.3) is 0 Å². The van der Waals surface area contributed by atoms with Crippen LogP contribution in [-0.2, 0) is 0 Å². The molecule has 2 aromatic heterocycles. The molecule has 1 aliphatic carbocycles. The molecule has 0 saturated carbocycles. The summed E-state index contributed by atoms with van der Waals surface area (Å²) in [5, 5.41) is 12.6. The summed E-state index contributed by atoms with van der Waals surface area (Å²) in [7, 11) is 0. The van der Waals surface area contributed by atoms with Gasteiger partial charge in [-0.05, 0) is 30.9 Å². The first-order valence-corrected chi connectivity index (χ1v) is 9.69. The van der Waals surface area contributed by atoms with Gasteiger partial charge in [-0.25, -0.2) is 0 Å². The van der Waals surface area contributed by atoms with E-state index in [-0.39, 0.29) is 24.0 Å². The molecule has 0 radical (unpaired) electrons. The number of hydrogen-bond donors (Lipinski definition) is 0. The van der Waals surface area contributed by atoms with Gasteiger partial charge in [0.05, 0.1) is 5.92 Å². The largest absolute Gasteiger partial charge is 0.437 e. The van der Waals surface area contributed by atoms with E-state index < -0.39 is 12.1 Å². The van der Waals surface area contributed by atoms with E-state index in [1.54, 1.807) is 23.6 Å². The first-order chi connectivity index (χ1) is 14.2. The average molecular weight is 414 g/mol. The normalized spacial score (nSPS) is 17.2. The molecular weight excluding hydrogens is 393 g/mol. The van der Waals surface area contributed by atoms with Crippen LogP contribution in [-0.4, -0.2) is 26.0 Å². The van der Waals surface area contributed by atoms with Crippen molar-refractivity contribution in [2.75, 3.05) is 0 Å². The van der Waals surface area contributed by atoms with Crippen LogP contribution in [0.5, 0.6) is 5.88 Å². The van der Waals surface area contributed by atoms with Crippen molar-refractivity contribution in [1.29, 1.82) is 0 Å². The Morgan fingerprint density at radius 1 is 1.13 bits per heavy atom. The number of aryl methyl sites for hydroxylation is 1. The van der Waals surface area contributed by atoms with E-state index in [1.807, 2.05) is 44.2 Å². The summed E-state index contributed by atoms with van der Waals surface area (Å²) < 4.78 is 47.8. The molecule has 30 heavy (non-hydrogen) atoms.